The van der Waals surface area contributed by atoms with Crippen molar-refractivity contribution in [2.24, 2.45) is 5.84 Å². The molecular formula is C13H23N3OS. The van der Waals surface area contributed by atoms with Crippen molar-refractivity contribution in [2.45, 2.75) is 46.2 Å². The molecule has 4 nitrogen and oxygen atoms in total. The molecule has 0 saturated heterocycles. The van der Waals surface area contributed by atoms with Crippen LogP contribution in [0.5, 0.6) is 0 Å². The van der Waals surface area contributed by atoms with Crippen molar-refractivity contribution in [2.75, 3.05) is 7.05 Å². The summed E-state index contributed by atoms with van der Waals surface area (Å²) in [6, 6.07) is 2.50. The van der Waals surface area contributed by atoms with Crippen LogP contribution in [-0.4, -0.2) is 23.9 Å². The van der Waals surface area contributed by atoms with Crippen LogP contribution in [0.1, 0.15) is 46.8 Å². The number of nitrogens with zero attached hydrogens (tertiary/aromatic N) is 1. The van der Waals surface area contributed by atoms with Gasteiger partial charge in [-0.15, -0.1) is 11.3 Å². The molecule has 1 atom stereocenters. The number of aryl methyl sites for hydroxylation is 1. The van der Waals surface area contributed by atoms with Gasteiger partial charge in [0.15, 0.2) is 0 Å². The Kier molecular flexibility index (Phi) is 5.78. The molecule has 0 spiro atoms. The zero-order chi connectivity index (χ0) is 13.7. The Morgan fingerprint density at radius 2 is 2.28 bits per heavy atom. The van der Waals surface area contributed by atoms with Gasteiger partial charge in [-0.1, -0.05) is 13.3 Å². The SMILES string of the molecule is CCCC(C)N(C)Cc1cc(C(=O)NN)sc1C. The van der Waals surface area contributed by atoms with Gasteiger partial charge in [-0.2, -0.15) is 0 Å². The summed E-state index contributed by atoms with van der Waals surface area (Å²) in [5.41, 5.74) is 3.39. The maximum Gasteiger partial charge on any atom is 0.275 e. The van der Waals surface area contributed by atoms with Crippen LogP contribution in [0.25, 0.3) is 0 Å². The smallest absolute Gasteiger partial charge is 0.275 e. The predicted octanol–water partition coefficient (Wildman–Crippen LogP) is 2.28. The van der Waals surface area contributed by atoms with Gasteiger partial charge in [-0.05, 0) is 38.9 Å². The molecule has 1 heterocycles. The van der Waals surface area contributed by atoms with E-state index in [1.165, 1.54) is 34.6 Å². The van der Waals surface area contributed by atoms with Crippen molar-refractivity contribution in [3.05, 3.63) is 21.4 Å². The largest absolute Gasteiger partial charge is 0.299 e. The number of carbonyl (C=O) groups excluding carboxylic acids is 1. The predicted molar refractivity (Wildman–Crippen MR) is 76.5 cm³/mol. The molecule has 1 aromatic heterocycles. The quantitative estimate of drug-likeness (QED) is 0.473. The molecule has 0 aromatic carbocycles. The molecule has 5 heteroatoms. The Morgan fingerprint density at radius 3 is 2.83 bits per heavy atom. The molecule has 1 aromatic rings. The van der Waals surface area contributed by atoms with Gasteiger partial charge in [0, 0.05) is 17.5 Å². The topological polar surface area (TPSA) is 58.4 Å². The average Bonchev–Trinajstić information content (AvgIpc) is 2.70. The van der Waals surface area contributed by atoms with E-state index >= 15 is 0 Å². The van der Waals surface area contributed by atoms with Gasteiger partial charge in [0.05, 0.1) is 4.88 Å². The molecule has 0 radical (unpaired) electrons. The normalized spacial score (nSPS) is 12.8. The van der Waals surface area contributed by atoms with Crippen molar-refractivity contribution < 1.29 is 4.79 Å². The molecule has 1 unspecified atom stereocenters. The summed E-state index contributed by atoms with van der Waals surface area (Å²) in [6.07, 6.45) is 2.38. The minimum absolute atomic E-state index is 0.210. The summed E-state index contributed by atoms with van der Waals surface area (Å²) < 4.78 is 0. The minimum atomic E-state index is -0.210. The number of nitrogen functional groups attached to an aromatic ring is 1. The fourth-order valence-electron chi connectivity index (χ4n) is 1.92. The third-order valence-electron chi connectivity index (χ3n) is 3.25. The molecule has 102 valence electrons. The van der Waals surface area contributed by atoms with Crippen molar-refractivity contribution >= 4 is 17.2 Å². The van der Waals surface area contributed by atoms with Gasteiger partial charge in [-0.3, -0.25) is 15.1 Å². The number of rotatable bonds is 6. The molecule has 0 bridgehead atoms. The molecule has 0 saturated carbocycles. The third kappa shape index (κ3) is 3.80. The third-order valence-corrected chi connectivity index (χ3v) is 4.35. The number of nitrogens with one attached hydrogen (secondary N) is 1. The molecular weight excluding hydrogens is 246 g/mol. The Hall–Kier alpha value is -0.910. The van der Waals surface area contributed by atoms with Crippen LogP contribution in [0, 0.1) is 6.92 Å². The Morgan fingerprint density at radius 1 is 1.61 bits per heavy atom. The van der Waals surface area contributed by atoms with Gasteiger partial charge in [0.25, 0.3) is 5.91 Å². The monoisotopic (exact) mass is 269 g/mol. The second-order valence-corrected chi connectivity index (χ2v) is 5.97. The first-order chi connectivity index (χ1) is 8.49. The van der Waals surface area contributed by atoms with E-state index in [1.807, 2.05) is 13.0 Å². The standard InChI is InChI=1S/C13H23N3OS/c1-5-6-9(2)16(4)8-11-7-12(13(17)15-14)18-10(11)3/h7,9H,5-6,8,14H2,1-4H3,(H,15,17). The van der Waals surface area contributed by atoms with Gasteiger partial charge < -0.3 is 0 Å². The molecule has 0 aliphatic carbocycles. The molecule has 0 aliphatic heterocycles. The second-order valence-electron chi connectivity index (χ2n) is 4.72. The van der Waals surface area contributed by atoms with E-state index in [9.17, 15) is 4.79 Å². The van der Waals surface area contributed by atoms with Crippen LogP contribution < -0.4 is 11.3 Å². The maximum atomic E-state index is 11.5. The van der Waals surface area contributed by atoms with Crippen molar-refractivity contribution in [1.82, 2.24) is 10.3 Å². The van der Waals surface area contributed by atoms with E-state index in [1.54, 1.807) is 0 Å². The van der Waals surface area contributed by atoms with E-state index in [2.05, 4.69) is 31.2 Å². The molecule has 0 aliphatic rings. The average molecular weight is 269 g/mol. The zero-order valence-electron chi connectivity index (χ0n) is 11.6. The van der Waals surface area contributed by atoms with Crippen LogP contribution in [-0.2, 0) is 6.54 Å². The molecule has 1 rings (SSSR count). The van der Waals surface area contributed by atoms with E-state index in [-0.39, 0.29) is 5.91 Å². The van der Waals surface area contributed by atoms with Crippen LogP contribution >= 0.6 is 11.3 Å². The number of amides is 1. The van der Waals surface area contributed by atoms with Crippen LogP contribution in [0.4, 0.5) is 0 Å². The molecule has 18 heavy (non-hydrogen) atoms. The van der Waals surface area contributed by atoms with Crippen molar-refractivity contribution in [3.63, 3.8) is 0 Å². The second kappa shape index (κ2) is 6.87. The van der Waals surface area contributed by atoms with E-state index < -0.39 is 0 Å². The highest BCUT2D eigenvalue weighted by Gasteiger charge is 2.14. The summed E-state index contributed by atoms with van der Waals surface area (Å²) in [7, 11) is 2.13. The first-order valence-corrected chi connectivity index (χ1v) is 7.11. The number of thiophene rings is 1. The number of nitrogens with two attached hydrogens (primary N) is 1. The van der Waals surface area contributed by atoms with Crippen molar-refractivity contribution in [1.29, 1.82) is 0 Å². The summed E-state index contributed by atoms with van der Waals surface area (Å²) in [5.74, 6) is 4.94. The van der Waals surface area contributed by atoms with E-state index in [0.717, 1.165) is 6.54 Å². The Balaban J connectivity index is 2.72. The highest BCUT2D eigenvalue weighted by Crippen LogP contribution is 2.23. The lowest BCUT2D eigenvalue weighted by atomic mass is 10.1. The highest BCUT2D eigenvalue weighted by atomic mass is 32.1. The lowest BCUT2D eigenvalue weighted by Crippen LogP contribution is -2.29. The molecule has 0 fully saturated rings. The van der Waals surface area contributed by atoms with Crippen LogP contribution in [0.15, 0.2) is 6.07 Å². The number of hydrogen-bond acceptors (Lipinski definition) is 4. The Bertz CT molecular complexity index is 403. The fraction of sp³-hybridized carbons (Fsp3) is 0.615. The molecule has 1 amide bonds. The minimum Gasteiger partial charge on any atom is -0.299 e. The summed E-state index contributed by atoms with van der Waals surface area (Å²) in [5, 5.41) is 0. The first kappa shape index (κ1) is 15.1. The zero-order valence-corrected chi connectivity index (χ0v) is 12.4. The summed E-state index contributed by atoms with van der Waals surface area (Å²) >= 11 is 1.50. The summed E-state index contributed by atoms with van der Waals surface area (Å²) in [6.45, 7) is 7.36. The Labute approximate surface area is 113 Å². The highest BCUT2D eigenvalue weighted by molar-refractivity contribution is 7.14. The van der Waals surface area contributed by atoms with Crippen LogP contribution in [0.3, 0.4) is 0 Å². The van der Waals surface area contributed by atoms with Gasteiger partial charge in [-0.25, -0.2) is 5.84 Å². The summed E-state index contributed by atoms with van der Waals surface area (Å²) in [4.78, 5) is 15.7. The maximum absolute atomic E-state index is 11.5. The molecule has 3 N–H and O–H groups in total. The van der Waals surface area contributed by atoms with Crippen molar-refractivity contribution in [3.8, 4) is 0 Å². The number of hydrogen-bond donors (Lipinski definition) is 2. The first-order valence-electron chi connectivity index (χ1n) is 6.30. The lowest BCUT2D eigenvalue weighted by Gasteiger charge is -2.24. The number of hydrazine groups is 1. The van der Waals surface area contributed by atoms with E-state index in [4.69, 9.17) is 5.84 Å². The number of carbonyl (C=O) groups is 1. The van der Waals surface area contributed by atoms with Gasteiger partial charge >= 0.3 is 0 Å². The van der Waals surface area contributed by atoms with Gasteiger partial charge in [0.1, 0.15) is 0 Å². The fourth-order valence-corrected chi connectivity index (χ4v) is 2.86. The van der Waals surface area contributed by atoms with Crippen LogP contribution in [0.2, 0.25) is 0 Å². The van der Waals surface area contributed by atoms with Gasteiger partial charge in [0.2, 0.25) is 0 Å². The lowest BCUT2D eigenvalue weighted by molar-refractivity contribution is 0.0957. The van der Waals surface area contributed by atoms with E-state index in [0.29, 0.717) is 10.9 Å².